The van der Waals surface area contributed by atoms with Crippen LogP contribution < -0.4 is 9.47 Å². The fourth-order valence-electron chi connectivity index (χ4n) is 3.63. The summed E-state index contributed by atoms with van der Waals surface area (Å²) < 4.78 is 33.7. The van der Waals surface area contributed by atoms with Crippen LogP contribution in [0.25, 0.3) is 5.69 Å². The Morgan fingerprint density at radius 1 is 1.12 bits per heavy atom. The SMILES string of the molecule is CCOc1ccccc1-n1nnnc1SCc1cc(F)cc2c1O[C@H](c1ccccc1)OC2. The summed E-state index contributed by atoms with van der Waals surface area (Å²) in [7, 11) is 0. The van der Waals surface area contributed by atoms with Gasteiger partial charge >= 0.3 is 0 Å². The fourth-order valence-corrected chi connectivity index (χ4v) is 4.48. The summed E-state index contributed by atoms with van der Waals surface area (Å²) in [5, 5.41) is 12.7. The van der Waals surface area contributed by atoms with Gasteiger partial charge in [0.05, 0.1) is 13.2 Å². The Morgan fingerprint density at radius 2 is 1.94 bits per heavy atom. The summed E-state index contributed by atoms with van der Waals surface area (Å²) in [5.41, 5.74) is 3.04. The number of halogens is 1. The van der Waals surface area contributed by atoms with Gasteiger partial charge in [0, 0.05) is 22.4 Å². The van der Waals surface area contributed by atoms with Gasteiger partial charge in [-0.3, -0.25) is 0 Å². The second-order valence-corrected chi connectivity index (χ2v) is 8.23. The van der Waals surface area contributed by atoms with Crippen molar-refractivity contribution in [2.24, 2.45) is 0 Å². The second kappa shape index (κ2) is 9.60. The lowest BCUT2D eigenvalue weighted by Crippen LogP contribution is -2.19. The van der Waals surface area contributed by atoms with Gasteiger partial charge in [0.15, 0.2) is 0 Å². The topological polar surface area (TPSA) is 71.3 Å². The molecule has 7 nitrogen and oxygen atoms in total. The monoisotopic (exact) mass is 464 g/mol. The first kappa shape index (κ1) is 21.4. The fraction of sp³-hybridized carbons (Fsp3) is 0.208. The molecule has 33 heavy (non-hydrogen) atoms. The van der Waals surface area contributed by atoms with Crippen LogP contribution >= 0.6 is 11.8 Å². The van der Waals surface area contributed by atoms with Gasteiger partial charge in [0.2, 0.25) is 11.4 Å². The smallest absolute Gasteiger partial charge is 0.227 e. The number of benzene rings is 3. The Bertz CT molecular complexity index is 1250. The number of tetrazole rings is 1. The molecule has 2 heterocycles. The van der Waals surface area contributed by atoms with E-state index in [4.69, 9.17) is 14.2 Å². The van der Waals surface area contributed by atoms with E-state index < -0.39 is 6.29 Å². The summed E-state index contributed by atoms with van der Waals surface area (Å²) in [6, 6.07) is 20.2. The molecule has 0 radical (unpaired) electrons. The molecule has 1 aromatic heterocycles. The number of hydrogen-bond donors (Lipinski definition) is 0. The summed E-state index contributed by atoms with van der Waals surface area (Å²) in [4.78, 5) is 0. The molecular weight excluding hydrogens is 443 g/mol. The van der Waals surface area contributed by atoms with Crippen LogP contribution in [0.2, 0.25) is 0 Å². The number of aromatic nitrogens is 4. The number of nitrogens with zero attached hydrogens (tertiary/aromatic N) is 4. The van der Waals surface area contributed by atoms with Gasteiger partial charge in [-0.2, -0.15) is 4.68 Å². The van der Waals surface area contributed by atoms with E-state index >= 15 is 0 Å². The highest BCUT2D eigenvalue weighted by atomic mass is 32.2. The highest BCUT2D eigenvalue weighted by molar-refractivity contribution is 7.98. The lowest BCUT2D eigenvalue weighted by molar-refractivity contribution is -0.112. The Labute approximate surface area is 194 Å². The minimum absolute atomic E-state index is 0.268. The number of thioether (sulfide) groups is 1. The van der Waals surface area contributed by atoms with Crippen LogP contribution in [0.15, 0.2) is 71.9 Å². The van der Waals surface area contributed by atoms with Crippen LogP contribution in [0, 0.1) is 5.82 Å². The van der Waals surface area contributed by atoms with E-state index in [1.54, 1.807) is 4.68 Å². The van der Waals surface area contributed by atoms with Crippen molar-refractivity contribution < 1.29 is 18.6 Å². The Balaban J connectivity index is 1.40. The van der Waals surface area contributed by atoms with E-state index in [9.17, 15) is 4.39 Å². The van der Waals surface area contributed by atoms with Gasteiger partial charge in [-0.25, -0.2) is 4.39 Å². The molecule has 0 bridgehead atoms. The highest BCUT2D eigenvalue weighted by Crippen LogP contribution is 2.39. The third-order valence-corrected chi connectivity index (χ3v) is 6.05. The predicted octanol–water partition coefficient (Wildman–Crippen LogP) is 5.10. The number of ether oxygens (including phenoxy) is 3. The van der Waals surface area contributed by atoms with Crippen LogP contribution in [0.1, 0.15) is 29.9 Å². The molecule has 0 saturated carbocycles. The minimum atomic E-state index is -0.545. The highest BCUT2D eigenvalue weighted by Gasteiger charge is 2.25. The average molecular weight is 465 g/mol. The van der Waals surface area contributed by atoms with E-state index in [-0.39, 0.29) is 12.4 Å². The molecule has 3 aromatic carbocycles. The maximum absolute atomic E-state index is 14.3. The summed E-state index contributed by atoms with van der Waals surface area (Å²) in [6.07, 6.45) is -0.545. The lowest BCUT2D eigenvalue weighted by atomic mass is 10.1. The normalized spacial score (nSPS) is 15.0. The molecule has 0 spiro atoms. The van der Waals surface area contributed by atoms with Crippen molar-refractivity contribution in [3.63, 3.8) is 0 Å². The van der Waals surface area contributed by atoms with E-state index in [0.29, 0.717) is 40.1 Å². The van der Waals surface area contributed by atoms with Gasteiger partial charge in [0.1, 0.15) is 23.0 Å². The summed E-state index contributed by atoms with van der Waals surface area (Å²) >= 11 is 1.39. The maximum Gasteiger partial charge on any atom is 0.227 e. The molecule has 1 aliphatic heterocycles. The molecule has 1 aliphatic rings. The molecule has 5 rings (SSSR count). The van der Waals surface area contributed by atoms with E-state index in [1.807, 2.05) is 61.5 Å². The molecular formula is C24H21FN4O3S. The predicted molar refractivity (Wildman–Crippen MR) is 121 cm³/mol. The van der Waals surface area contributed by atoms with E-state index in [0.717, 1.165) is 11.3 Å². The first-order chi connectivity index (χ1) is 16.2. The van der Waals surface area contributed by atoms with Crippen molar-refractivity contribution in [1.82, 2.24) is 20.2 Å². The zero-order valence-electron chi connectivity index (χ0n) is 17.8. The van der Waals surface area contributed by atoms with Crippen molar-refractivity contribution in [1.29, 1.82) is 0 Å². The molecule has 0 saturated heterocycles. The number of hydrogen-bond acceptors (Lipinski definition) is 7. The maximum atomic E-state index is 14.3. The van der Waals surface area contributed by atoms with E-state index in [2.05, 4.69) is 15.5 Å². The second-order valence-electron chi connectivity index (χ2n) is 7.29. The van der Waals surface area contributed by atoms with E-state index in [1.165, 1.54) is 23.9 Å². The van der Waals surface area contributed by atoms with Crippen LogP contribution in [0.5, 0.6) is 11.5 Å². The number of para-hydroxylation sites is 2. The van der Waals surface area contributed by atoms with Gasteiger partial charge in [-0.05, 0) is 41.6 Å². The first-order valence-electron chi connectivity index (χ1n) is 10.5. The third-order valence-electron chi connectivity index (χ3n) is 5.09. The Morgan fingerprint density at radius 3 is 2.79 bits per heavy atom. The van der Waals surface area contributed by atoms with Crippen LogP contribution in [0.3, 0.4) is 0 Å². The standard InChI is InChI=1S/C24H21FN4O3S/c1-2-30-21-11-7-6-10-20(21)29-24(26-27-28-29)33-15-18-13-19(25)12-17-14-31-23(32-22(17)18)16-8-4-3-5-9-16/h3-13,23H,2,14-15H2,1H3/t23-/m1/s1. The summed E-state index contributed by atoms with van der Waals surface area (Å²) in [6.45, 7) is 2.72. The van der Waals surface area contributed by atoms with Crippen LogP contribution in [-0.4, -0.2) is 26.8 Å². The van der Waals surface area contributed by atoms with Gasteiger partial charge in [0.25, 0.3) is 0 Å². The van der Waals surface area contributed by atoms with Gasteiger partial charge < -0.3 is 14.2 Å². The van der Waals surface area contributed by atoms with Crippen molar-refractivity contribution in [3.8, 4) is 17.2 Å². The lowest BCUT2D eigenvalue weighted by Gasteiger charge is -2.28. The third kappa shape index (κ3) is 4.55. The molecule has 0 fully saturated rings. The zero-order valence-corrected chi connectivity index (χ0v) is 18.7. The first-order valence-corrected chi connectivity index (χ1v) is 11.5. The molecule has 1 atom stereocenters. The molecule has 0 N–H and O–H groups in total. The quantitative estimate of drug-likeness (QED) is 0.352. The average Bonchev–Trinajstić information content (AvgIpc) is 3.32. The molecule has 0 unspecified atom stereocenters. The van der Waals surface area contributed by atoms with Crippen LogP contribution in [-0.2, 0) is 17.1 Å². The number of rotatable bonds is 7. The van der Waals surface area contributed by atoms with Crippen molar-refractivity contribution in [2.45, 2.75) is 30.7 Å². The molecule has 4 aromatic rings. The molecule has 168 valence electrons. The zero-order chi connectivity index (χ0) is 22.6. The Hall–Kier alpha value is -3.43. The summed E-state index contributed by atoms with van der Waals surface area (Å²) in [5.74, 6) is 1.40. The largest absolute Gasteiger partial charge is 0.492 e. The minimum Gasteiger partial charge on any atom is -0.492 e. The van der Waals surface area contributed by atoms with Crippen LogP contribution in [0.4, 0.5) is 4.39 Å². The molecule has 0 aliphatic carbocycles. The van der Waals surface area contributed by atoms with Crippen molar-refractivity contribution in [2.75, 3.05) is 6.61 Å². The van der Waals surface area contributed by atoms with Crippen molar-refractivity contribution in [3.05, 3.63) is 89.2 Å². The van der Waals surface area contributed by atoms with Crippen molar-refractivity contribution >= 4 is 11.8 Å². The van der Waals surface area contributed by atoms with Gasteiger partial charge in [-0.15, -0.1) is 5.10 Å². The van der Waals surface area contributed by atoms with Gasteiger partial charge in [-0.1, -0.05) is 54.2 Å². The molecule has 9 heteroatoms. The Kier molecular flexibility index (Phi) is 6.23. The molecule has 0 amide bonds. The number of fused-ring (bicyclic) bond motifs is 1.